The number of imide groups is 1. The summed E-state index contributed by atoms with van der Waals surface area (Å²) in [7, 11) is 0. The molecular weight excluding hydrogens is 398 g/mol. The van der Waals surface area contributed by atoms with E-state index in [0.29, 0.717) is 10.7 Å². The summed E-state index contributed by atoms with van der Waals surface area (Å²) < 4.78 is 0. The first-order valence-corrected chi connectivity index (χ1v) is 9.36. The normalized spacial score (nSPS) is 28.7. The van der Waals surface area contributed by atoms with Gasteiger partial charge in [0, 0.05) is 11.2 Å². The number of fused-ring (bicyclic) bond motifs is 1. The van der Waals surface area contributed by atoms with Crippen LogP contribution in [0.4, 0.5) is 5.69 Å². The van der Waals surface area contributed by atoms with E-state index in [0.717, 1.165) is 10.5 Å². The van der Waals surface area contributed by atoms with Gasteiger partial charge in [-0.2, -0.15) is 0 Å². The SMILES string of the molecule is Cc1ccc(N2C(=O)C3C(c4ccccn4)NC(CO)(C(=O)O)C3C2=O)cc1Cl. The minimum absolute atomic E-state index is 0.266. The van der Waals surface area contributed by atoms with E-state index in [2.05, 4.69) is 10.3 Å². The molecule has 29 heavy (non-hydrogen) atoms. The molecule has 2 amide bonds. The first-order chi connectivity index (χ1) is 13.8. The second-order valence-electron chi connectivity index (χ2n) is 7.26. The standard InChI is InChI=1S/C20H18ClN3O5/c1-10-5-6-11(8-12(10)21)24-17(26)14-15(18(24)27)20(9-25,19(28)29)23-16(14)13-4-2-3-7-22-13/h2-8,14-16,23,25H,9H2,1H3,(H,28,29). The van der Waals surface area contributed by atoms with Crippen LogP contribution in [0.1, 0.15) is 17.3 Å². The van der Waals surface area contributed by atoms with Crippen molar-refractivity contribution in [2.75, 3.05) is 11.5 Å². The maximum Gasteiger partial charge on any atom is 0.327 e. The summed E-state index contributed by atoms with van der Waals surface area (Å²) in [5, 5.41) is 23.0. The van der Waals surface area contributed by atoms with Gasteiger partial charge in [0.05, 0.1) is 35.9 Å². The van der Waals surface area contributed by atoms with Crippen LogP contribution in [-0.4, -0.2) is 45.1 Å². The molecular formula is C20H18ClN3O5. The van der Waals surface area contributed by atoms with Gasteiger partial charge in [-0.15, -0.1) is 0 Å². The largest absolute Gasteiger partial charge is 0.480 e. The lowest BCUT2D eigenvalue weighted by Gasteiger charge is -2.29. The van der Waals surface area contributed by atoms with Crippen LogP contribution in [0.2, 0.25) is 5.02 Å². The molecule has 3 heterocycles. The van der Waals surface area contributed by atoms with E-state index in [1.807, 2.05) is 0 Å². The number of carboxylic acid groups (broad SMARTS) is 1. The Morgan fingerprint density at radius 2 is 2.03 bits per heavy atom. The van der Waals surface area contributed by atoms with Crippen molar-refractivity contribution in [3.8, 4) is 0 Å². The van der Waals surface area contributed by atoms with Gasteiger partial charge in [-0.3, -0.25) is 24.7 Å². The number of carbonyl (C=O) groups excluding carboxylic acids is 2. The molecule has 2 aromatic rings. The number of aliphatic hydroxyl groups excluding tert-OH is 1. The van der Waals surface area contributed by atoms with Crippen LogP contribution in [0.25, 0.3) is 0 Å². The average Bonchev–Trinajstić information content (AvgIpc) is 3.20. The van der Waals surface area contributed by atoms with Gasteiger partial charge in [0.1, 0.15) is 0 Å². The maximum atomic E-state index is 13.3. The second-order valence-corrected chi connectivity index (χ2v) is 7.67. The van der Waals surface area contributed by atoms with Gasteiger partial charge in [-0.1, -0.05) is 23.7 Å². The number of benzene rings is 1. The van der Waals surface area contributed by atoms with E-state index in [-0.39, 0.29) is 5.69 Å². The summed E-state index contributed by atoms with van der Waals surface area (Å²) in [6.07, 6.45) is 1.52. The predicted octanol–water partition coefficient (Wildman–Crippen LogP) is 1.31. The quantitative estimate of drug-likeness (QED) is 0.644. The molecule has 0 spiro atoms. The number of nitrogens with zero attached hydrogens (tertiary/aromatic N) is 2. The summed E-state index contributed by atoms with van der Waals surface area (Å²) in [5.74, 6) is -4.97. The minimum Gasteiger partial charge on any atom is -0.480 e. The number of aryl methyl sites for hydroxylation is 1. The molecule has 0 radical (unpaired) electrons. The summed E-state index contributed by atoms with van der Waals surface area (Å²) in [4.78, 5) is 43.9. The number of aromatic nitrogens is 1. The highest BCUT2D eigenvalue weighted by atomic mass is 35.5. The van der Waals surface area contributed by atoms with E-state index in [1.165, 1.54) is 12.3 Å². The van der Waals surface area contributed by atoms with Gasteiger partial charge in [0.2, 0.25) is 11.8 Å². The lowest BCUT2D eigenvalue weighted by atomic mass is 9.80. The molecule has 0 saturated carbocycles. The number of halogens is 1. The zero-order valence-electron chi connectivity index (χ0n) is 15.4. The summed E-state index contributed by atoms with van der Waals surface area (Å²) in [5.41, 5.74) is -0.535. The number of amides is 2. The maximum absolute atomic E-state index is 13.3. The Morgan fingerprint density at radius 1 is 1.28 bits per heavy atom. The fourth-order valence-electron chi connectivity index (χ4n) is 4.20. The zero-order valence-corrected chi connectivity index (χ0v) is 16.1. The van der Waals surface area contributed by atoms with Crippen LogP contribution < -0.4 is 10.2 Å². The van der Waals surface area contributed by atoms with Gasteiger partial charge in [0.25, 0.3) is 0 Å². The fourth-order valence-corrected chi connectivity index (χ4v) is 4.38. The topological polar surface area (TPSA) is 120 Å². The number of anilines is 1. The van der Waals surface area contributed by atoms with E-state index >= 15 is 0 Å². The summed E-state index contributed by atoms with van der Waals surface area (Å²) in [6.45, 7) is 0.936. The molecule has 2 aliphatic rings. The number of hydrogen-bond acceptors (Lipinski definition) is 6. The van der Waals surface area contributed by atoms with Gasteiger partial charge < -0.3 is 10.2 Å². The molecule has 4 atom stereocenters. The Hall–Kier alpha value is -2.81. The Kier molecular flexibility index (Phi) is 4.65. The highest BCUT2D eigenvalue weighted by Gasteiger charge is 2.69. The van der Waals surface area contributed by atoms with Gasteiger partial charge in [0.15, 0.2) is 5.54 Å². The van der Waals surface area contributed by atoms with E-state index in [1.54, 1.807) is 37.3 Å². The van der Waals surface area contributed by atoms with Crippen LogP contribution >= 0.6 is 11.6 Å². The van der Waals surface area contributed by atoms with Gasteiger partial charge in [-0.25, -0.2) is 4.90 Å². The van der Waals surface area contributed by atoms with E-state index in [9.17, 15) is 24.6 Å². The van der Waals surface area contributed by atoms with Crippen molar-refractivity contribution >= 4 is 35.1 Å². The average molecular weight is 416 g/mol. The predicted molar refractivity (Wildman–Crippen MR) is 103 cm³/mol. The third kappa shape index (κ3) is 2.75. The number of aliphatic carboxylic acids is 1. The summed E-state index contributed by atoms with van der Waals surface area (Å²) >= 11 is 6.16. The van der Waals surface area contributed by atoms with E-state index in [4.69, 9.17) is 11.6 Å². The second kappa shape index (κ2) is 6.91. The first kappa shape index (κ1) is 19.5. The van der Waals surface area contributed by atoms with Crippen molar-refractivity contribution < 1.29 is 24.6 Å². The lowest BCUT2D eigenvalue weighted by Crippen LogP contribution is -2.58. The van der Waals surface area contributed by atoms with Crippen molar-refractivity contribution in [1.29, 1.82) is 0 Å². The smallest absolute Gasteiger partial charge is 0.327 e. The molecule has 8 nitrogen and oxygen atoms in total. The van der Waals surface area contributed by atoms with Crippen molar-refractivity contribution in [2.24, 2.45) is 11.8 Å². The molecule has 1 aromatic carbocycles. The molecule has 2 fully saturated rings. The highest BCUT2D eigenvalue weighted by Crippen LogP contribution is 2.49. The van der Waals surface area contributed by atoms with Crippen LogP contribution in [0, 0.1) is 18.8 Å². The van der Waals surface area contributed by atoms with Crippen molar-refractivity contribution in [1.82, 2.24) is 10.3 Å². The third-order valence-electron chi connectivity index (χ3n) is 5.71. The molecule has 2 saturated heterocycles. The molecule has 9 heteroatoms. The fraction of sp³-hybridized carbons (Fsp3) is 0.300. The number of nitrogens with one attached hydrogen (secondary N) is 1. The molecule has 0 aliphatic carbocycles. The van der Waals surface area contributed by atoms with Gasteiger partial charge >= 0.3 is 5.97 Å². The molecule has 1 aromatic heterocycles. The van der Waals surface area contributed by atoms with Crippen LogP contribution in [0.15, 0.2) is 42.6 Å². The number of carbonyl (C=O) groups is 3. The molecule has 4 rings (SSSR count). The van der Waals surface area contributed by atoms with Crippen LogP contribution in [0.5, 0.6) is 0 Å². The highest BCUT2D eigenvalue weighted by molar-refractivity contribution is 6.32. The minimum atomic E-state index is -2.00. The number of carboxylic acids is 1. The molecule has 3 N–H and O–H groups in total. The van der Waals surface area contributed by atoms with Crippen molar-refractivity contribution in [3.05, 3.63) is 58.9 Å². The molecule has 150 valence electrons. The van der Waals surface area contributed by atoms with Crippen LogP contribution in [-0.2, 0) is 14.4 Å². The Labute approximate surface area is 171 Å². The van der Waals surface area contributed by atoms with Gasteiger partial charge in [-0.05, 0) is 36.8 Å². The molecule has 0 bridgehead atoms. The third-order valence-corrected chi connectivity index (χ3v) is 6.11. The first-order valence-electron chi connectivity index (χ1n) is 8.98. The summed E-state index contributed by atoms with van der Waals surface area (Å²) in [6, 6.07) is 8.96. The number of rotatable bonds is 4. The Bertz CT molecular complexity index is 1010. The Balaban J connectivity index is 1.85. The monoisotopic (exact) mass is 415 g/mol. The Morgan fingerprint density at radius 3 is 2.62 bits per heavy atom. The number of pyridine rings is 1. The number of hydrogen-bond donors (Lipinski definition) is 3. The number of aliphatic hydroxyl groups is 1. The van der Waals surface area contributed by atoms with E-state index < -0.39 is 47.8 Å². The van der Waals surface area contributed by atoms with Crippen molar-refractivity contribution in [3.63, 3.8) is 0 Å². The molecule has 2 aliphatic heterocycles. The van der Waals surface area contributed by atoms with Crippen molar-refractivity contribution in [2.45, 2.75) is 18.5 Å². The lowest BCUT2D eigenvalue weighted by molar-refractivity contribution is -0.150. The van der Waals surface area contributed by atoms with Crippen LogP contribution in [0.3, 0.4) is 0 Å². The zero-order chi connectivity index (χ0) is 20.9. The molecule has 4 unspecified atom stereocenters.